The van der Waals surface area contributed by atoms with E-state index in [-0.39, 0.29) is 0 Å². The summed E-state index contributed by atoms with van der Waals surface area (Å²) in [6.45, 7) is 8.73. The summed E-state index contributed by atoms with van der Waals surface area (Å²) in [6, 6.07) is 0. The van der Waals surface area contributed by atoms with Crippen molar-refractivity contribution >= 4 is 7.12 Å². The fraction of sp³-hybridized carbons (Fsp3) is 0.818. The van der Waals surface area contributed by atoms with Gasteiger partial charge in [0.2, 0.25) is 0 Å². The molecule has 0 saturated heterocycles. The standard InChI is InChI=1S/C11H21BO3/c1-6-7-8-9-12(14)15-11(4,5)10(2,3)13/h13-14H,6-7H2,1-5H3. The second-order valence-electron chi connectivity index (χ2n) is 4.61. The molecule has 0 aromatic carbocycles. The van der Waals surface area contributed by atoms with Gasteiger partial charge in [-0.15, -0.1) is 5.92 Å². The first-order valence-electron chi connectivity index (χ1n) is 5.27. The van der Waals surface area contributed by atoms with E-state index in [0.717, 1.165) is 12.8 Å². The molecule has 2 N–H and O–H groups in total. The number of unbranched alkanes of at least 4 members (excludes halogenated alkanes) is 1. The van der Waals surface area contributed by atoms with Crippen LogP contribution in [0.2, 0.25) is 0 Å². The molecular weight excluding hydrogens is 191 g/mol. The summed E-state index contributed by atoms with van der Waals surface area (Å²) < 4.78 is 5.28. The van der Waals surface area contributed by atoms with Gasteiger partial charge in [-0.1, -0.05) is 12.7 Å². The molecule has 0 saturated carbocycles. The fourth-order valence-electron chi connectivity index (χ4n) is 0.737. The lowest BCUT2D eigenvalue weighted by atomic mass is 9.84. The molecule has 15 heavy (non-hydrogen) atoms. The normalized spacial score (nSPS) is 11.9. The third-order valence-electron chi connectivity index (χ3n) is 2.48. The van der Waals surface area contributed by atoms with E-state index in [9.17, 15) is 10.1 Å². The third kappa shape index (κ3) is 5.22. The van der Waals surface area contributed by atoms with Crippen LogP contribution in [0.25, 0.3) is 0 Å². The van der Waals surface area contributed by atoms with Crippen molar-refractivity contribution in [3.05, 3.63) is 0 Å². The molecule has 0 aliphatic carbocycles. The summed E-state index contributed by atoms with van der Waals surface area (Å²) in [5.74, 6) is 5.39. The topological polar surface area (TPSA) is 49.7 Å². The van der Waals surface area contributed by atoms with Gasteiger partial charge in [-0.2, -0.15) is 0 Å². The van der Waals surface area contributed by atoms with Crippen LogP contribution in [0.5, 0.6) is 0 Å². The lowest BCUT2D eigenvalue weighted by molar-refractivity contribution is -0.0981. The lowest BCUT2D eigenvalue weighted by Crippen LogP contribution is -2.50. The van der Waals surface area contributed by atoms with Gasteiger partial charge in [0.1, 0.15) is 0 Å². The van der Waals surface area contributed by atoms with Gasteiger partial charge < -0.3 is 14.8 Å². The van der Waals surface area contributed by atoms with Gasteiger partial charge in [-0.3, -0.25) is 0 Å². The molecule has 0 amide bonds. The monoisotopic (exact) mass is 212 g/mol. The minimum Gasteiger partial charge on any atom is -0.416 e. The molecule has 0 fully saturated rings. The summed E-state index contributed by atoms with van der Waals surface area (Å²) in [7, 11) is -1.14. The van der Waals surface area contributed by atoms with Crippen LogP contribution in [-0.2, 0) is 4.65 Å². The minimum atomic E-state index is -1.14. The second kappa shape index (κ2) is 5.55. The summed E-state index contributed by atoms with van der Waals surface area (Å²) in [5, 5.41) is 19.2. The Morgan fingerprint density at radius 1 is 1.27 bits per heavy atom. The van der Waals surface area contributed by atoms with Crippen molar-refractivity contribution in [1.82, 2.24) is 0 Å². The summed E-state index contributed by atoms with van der Waals surface area (Å²) in [5.41, 5.74) is -1.87. The predicted octanol–water partition coefficient (Wildman–Crippen LogP) is 1.38. The maximum atomic E-state index is 9.78. The quantitative estimate of drug-likeness (QED) is 0.546. The highest BCUT2D eigenvalue weighted by Gasteiger charge is 2.38. The van der Waals surface area contributed by atoms with Gasteiger partial charge in [0, 0.05) is 6.42 Å². The minimum absolute atomic E-state index is 0.739. The van der Waals surface area contributed by atoms with E-state index in [4.69, 9.17) is 4.65 Å². The molecule has 0 aromatic heterocycles. The number of hydrogen-bond acceptors (Lipinski definition) is 3. The zero-order valence-corrected chi connectivity index (χ0v) is 10.3. The summed E-state index contributed by atoms with van der Waals surface area (Å²) in [6.07, 6.45) is 1.69. The largest absolute Gasteiger partial charge is 0.547 e. The Hall–Kier alpha value is -0.495. The fourth-order valence-corrected chi connectivity index (χ4v) is 0.737. The number of aliphatic hydroxyl groups is 1. The Morgan fingerprint density at radius 3 is 2.20 bits per heavy atom. The molecule has 0 aliphatic rings. The molecule has 0 atom stereocenters. The molecular formula is C11H21BO3. The lowest BCUT2D eigenvalue weighted by Gasteiger charge is -2.37. The Kier molecular flexibility index (Phi) is 5.37. The molecule has 0 radical (unpaired) electrons. The van der Waals surface area contributed by atoms with Crippen LogP contribution in [0, 0.1) is 11.7 Å². The van der Waals surface area contributed by atoms with Crippen molar-refractivity contribution in [3.63, 3.8) is 0 Å². The molecule has 0 bridgehead atoms. The van der Waals surface area contributed by atoms with E-state index >= 15 is 0 Å². The molecule has 0 spiro atoms. The number of hydrogen-bond donors (Lipinski definition) is 2. The van der Waals surface area contributed by atoms with Crippen LogP contribution in [0.1, 0.15) is 47.5 Å². The first-order chi connectivity index (χ1) is 6.70. The third-order valence-corrected chi connectivity index (χ3v) is 2.48. The van der Waals surface area contributed by atoms with Gasteiger partial charge in [0.15, 0.2) is 0 Å². The average molecular weight is 212 g/mol. The van der Waals surface area contributed by atoms with Crippen molar-refractivity contribution in [2.75, 3.05) is 0 Å². The molecule has 0 rings (SSSR count). The van der Waals surface area contributed by atoms with Crippen molar-refractivity contribution in [2.45, 2.75) is 58.7 Å². The average Bonchev–Trinajstić information content (AvgIpc) is 2.01. The van der Waals surface area contributed by atoms with Gasteiger partial charge >= 0.3 is 7.12 Å². The van der Waals surface area contributed by atoms with E-state index in [1.807, 2.05) is 6.92 Å². The Bertz CT molecular complexity index is 245. The first-order valence-corrected chi connectivity index (χ1v) is 5.27. The molecule has 86 valence electrons. The molecule has 0 heterocycles. The van der Waals surface area contributed by atoms with Gasteiger partial charge in [0.25, 0.3) is 0 Å². The van der Waals surface area contributed by atoms with Crippen LogP contribution < -0.4 is 0 Å². The van der Waals surface area contributed by atoms with Crippen molar-refractivity contribution in [3.8, 4) is 11.7 Å². The maximum absolute atomic E-state index is 9.78. The summed E-state index contributed by atoms with van der Waals surface area (Å²) in [4.78, 5) is 0. The summed E-state index contributed by atoms with van der Waals surface area (Å²) >= 11 is 0. The van der Waals surface area contributed by atoms with E-state index in [0.29, 0.717) is 0 Å². The smallest absolute Gasteiger partial charge is 0.416 e. The van der Waals surface area contributed by atoms with Crippen LogP contribution in [0.3, 0.4) is 0 Å². The highest BCUT2D eigenvalue weighted by Crippen LogP contribution is 2.25. The van der Waals surface area contributed by atoms with Gasteiger partial charge in [-0.25, -0.2) is 0 Å². The number of rotatable bonds is 4. The van der Waals surface area contributed by atoms with Crippen molar-refractivity contribution in [1.29, 1.82) is 0 Å². The van der Waals surface area contributed by atoms with Crippen LogP contribution in [0.15, 0.2) is 0 Å². The van der Waals surface area contributed by atoms with Crippen LogP contribution >= 0.6 is 0 Å². The Morgan fingerprint density at radius 2 is 1.80 bits per heavy atom. The van der Waals surface area contributed by atoms with E-state index in [1.165, 1.54) is 0 Å². The van der Waals surface area contributed by atoms with Crippen LogP contribution in [0.4, 0.5) is 0 Å². The molecule has 3 nitrogen and oxygen atoms in total. The SMILES string of the molecule is CCCC#CB(O)OC(C)(C)C(C)(C)O. The van der Waals surface area contributed by atoms with Crippen molar-refractivity contribution in [2.24, 2.45) is 0 Å². The van der Waals surface area contributed by atoms with E-state index in [1.54, 1.807) is 27.7 Å². The van der Waals surface area contributed by atoms with Gasteiger partial charge in [-0.05, 0) is 34.1 Å². The first kappa shape index (κ1) is 14.5. The molecule has 0 aromatic rings. The molecule has 0 unspecified atom stereocenters. The molecule has 4 heteroatoms. The highest BCUT2D eigenvalue weighted by molar-refractivity contribution is 6.53. The predicted molar refractivity (Wildman–Crippen MR) is 62.1 cm³/mol. The van der Waals surface area contributed by atoms with E-state index in [2.05, 4.69) is 11.7 Å². The van der Waals surface area contributed by atoms with Crippen molar-refractivity contribution < 1.29 is 14.8 Å². The Labute approximate surface area is 93.0 Å². The van der Waals surface area contributed by atoms with Gasteiger partial charge in [0.05, 0.1) is 11.2 Å². The maximum Gasteiger partial charge on any atom is 0.547 e. The van der Waals surface area contributed by atoms with Crippen LogP contribution in [-0.4, -0.2) is 28.5 Å². The second-order valence-corrected chi connectivity index (χ2v) is 4.61. The van der Waals surface area contributed by atoms with E-state index < -0.39 is 18.3 Å². The Balaban J connectivity index is 4.30. The zero-order valence-electron chi connectivity index (χ0n) is 10.3. The molecule has 0 aliphatic heterocycles. The zero-order chi connectivity index (χ0) is 12.1. The highest BCUT2D eigenvalue weighted by atomic mass is 16.5.